The van der Waals surface area contributed by atoms with Crippen molar-refractivity contribution < 1.29 is 18.1 Å². The Labute approximate surface area is 121 Å². The van der Waals surface area contributed by atoms with Crippen molar-refractivity contribution in [3.05, 3.63) is 50.0 Å². The van der Waals surface area contributed by atoms with Crippen LogP contribution in [0.4, 0.5) is 24.5 Å². The molecule has 112 valence electrons. The van der Waals surface area contributed by atoms with E-state index in [4.69, 9.17) is 0 Å². The number of nitro groups is 1. The van der Waals surface area contributed by atoms with Gasteiger partial charge in [0.1, 0.15) is 0 Å². The Morgan fingerprint density at radius 1 is 1.43 bits per heavy atom. The highest BCUT2D eigenvalue weighted by Crippen LogP contribution is 2.37. The normalized spacial score (nSPS) is 11.4. The minimum absolute atomic E-state index is 0.178. The maximum Gasteiger partial charge on any atom is 0.418 e. The maximum atomic E-state index is 13.0. The van der Waals surface area contributed by atoms with Gasteiger partial charge in [0.05, 0.1) is 28.2 Å². The SMILES string of the molecule is Cc1ncsc1CNc1ccc([N+](=O)[O-])cc1C(F)(F)F. The quantitative estimate of drug-likeness (QED) is 0.684. The molecular weight excluding hydrogens is 307 g/mol. The van der Waals surface area contributed by atoms with Gasteiger partial charge in [-0.25, -0.2) is 4.98 Å². The van der Waals surface area contributed by atoms with E-state index in [9.17, 15) is 23.3 Å². The van der Waals surface area contributed by atoms with Crippen LogP contribution in [-0.2, 0) is 12.7 Å². The summed E-state index contributed by atoms with van der Waals surface area (Å²) in [6, 6.07) is 2.64. The molecule has 2 rings (SSSR count). The van der Waals surface area contributed by atoms with Crippen LogP contribution in [0.25, 0.3) is 0 Å². The largest absolute Gasteiger partial charge is 0.418 e. The van der Waals surface area contributed by atoms with Crippen molar-refractivity contribution >= 4 is 22.7 Å². The summed E-state index contributed by atoms with van der Waals surface area (Å²) in [5.74, 6) is 0. The van der Waals surface area contributed by atoms with Crippen LogP contribution in [0.2, 0.25) is 0 Å². The van der Waals surface area contributed by atoms with Crippen molar-refractivity contribution in [1.82, 2.24) is 4.98 Å². The summed E-state index contributed by atoms with van der Waals surface area (Å²) in [5, 5.41) is 13.2. The number of halogens is 3. The molecule has 0 unspecified atom stereocenters. The van der Waals surface area contributed by atoms with E-state index in [0.717, 1.165) is 22.7 Å². The van der Waals surface area contributed by atoms with Gasteiger partial charge >= 0.3 is 6.18 Å². The van der Waals surface area contributed by atoms with Crippen LogP contribution in [0.5, 0.6) is 0 Å². The number of non-ortho nitro benzene ring substituents is 1. The molecule has 9 heteroatoms. The van der Waals surface area contributed by atoms with Crippen LogP contribution in [0.15, 0.2) is 23.7 Å². The number of aromatic nitrogens is 1. The van der Waals surface area contributed by atoms with E-state index in [2.05, 4.69) is 10.3 Å². The number of thiazole rings is 1. The number of benzene rings is 1. The summed E-state index contributed by atoms with van der Waals surface area (Å²) in [5.41, 5.74) is 0.497. The average Bonchev–Trinajstić information content (AvgIpc) is 2.80. The second-order valence-electron chi connectivity index (χ2n) is 4.20. The lowest BCUT2D eigenvalue weighted by Crippen LogP contribution is -2.11. The highest BCUT2D eigenvalue weighted by Gasteiger charge is 2.35. The van der Waals surface area contributed by atoms with Crippen molar-refractivity contribution in [2.45, 2.75) is 19.6 Å². The van der Waals surface area contributed by atoms with Gasteiger partial charge in [-0.05, 0) is 13.0 Å². The van der Waals surface area contributed by atoms with Crippen molar-refractivity contribution in [1.29, 1.82) is 0 Å². The van der Waals surface area contributed by atoms with Gasteiger partial charge in [0.15, 0.2) is 0 Å². The topological polar surface area (TPSA) is 68.1 Å². The molecule has 1 N–H and O–H groups in total. The first-order chi connectivity index (χ1) is 9.79. The molecule has 1 aromatic carbocycles. The summed E-state index contributed by atoms with van der Waals surface area (Å²) in [6.45, 7) is 1.94. The zero-order valence-electron chi connectivity index (χ0n) is 10.8. The third-order valence-electron chi connectivity index (χ3n) is 2.80. The Morgan fingerprint density at radius 3 is 2.67 bits per heavy atom. The number of hydrogen-bond acceptors (Lipinski definition) is 5. The second kappa shape index (κ2) is 5.68. The lowest BCUT2D eigenvalue weighted by atomic mass is 10.1. The fourth-order valence-corrected chi connectivity index (χ4v) is 2.42. The Bertz CT molecular complexity index is 670. The molecule has 21 heavy (non-hydrogen) atoms. The Morgan fingerprint density at radius 2 is 2.14 bits per heavy atom. The standard InChI is InChI=1S/C12H10F3N3O2S/c1-7-11(21-6-17-7)5-16-10-3-2-8(18(19)20)4-9(10)12(13,14)15/h2-4,6,16H,5H2,1H3. The van der Waals surface area contributed by atoms with Crippen LogP contribution in [-0.4, -0.2) is 9.91 Å². The van der Waals surface area contributed by atoms with E-state index in [-0.39, 0.29) is 12.2 Å². The first-order valence-electron chi connectivity index (χ1n) is 5.77. The van der Waals surface area contributed by atoms with Gasteiger partial charge in [0.2, 0.25) is 0 Å². The summed E-state index contributed by atoms with van der Waals surface area (Å²) < 4.78 is 38.9. The molecule has 1 aromatic heterocycles. The van der Waals surface area contributed by atoms with Gasteiger partial charge < -0.3 is 5.32 Å². The zero-order valence-corrected chi connectivity index (χ0v) is 11.6. The fraction of sp³-hybridized carbons (Fsp3) is 0.250. The molecule has 0 amide bonds. The van der Waals surface area contributed by atoms with Crippen molar-refractivity contribution in [3.8, 4) is 0 Å². The number of nitrogens with zero attached hydrogens (tertiary/aromatic N) is 2. The molecule has 0 aliphatic rings. The van der Waals surface area contributed by atoms with Crippen LogP contribution in [0.1, 0.15) is 16.1 Å². The fourth-order valence-electron chi connectivity index (χ4n) is 1.71. The first kappa shape index (κ1) is 15.2. The maximum absolute atomic E-state index is 13.0. The number of nitrogens with one attached hydrogen (secondary N) is 1. The zero-order chi connectivity index (χ0) is 15.6. The number of anilines is 1. The smallest absolute Gasteiger partial charge is 0.380 e. The molecule has 0 fully saturated rings. The van der Waals surface area contributed by atoms with E-state index < -0.39 is 22.4 Å². The Hall–Kier alpha value is -2.16. The highest BCUT2D eigenvalue weighted by atomic mass is 32.1. The summed E-state index contributed by atoms with van der Waals surface area (Å²) in [7, 11) is 0. The van der Waals surface area contributed by atoms with Crippen molar-refractivity contribution in [3.63, 3.8) is 0 Å². The summed E-state index contributed by atoms with van der Waals surface area (Å²) >= 11 is 1.33. The molecule has 0 saturated heterocycles. The van der Waals surface area contributed by atoms with Crippen LogP contribution < -0.4 is 5.32 Å². The number of nitro benzene ring substituents is 1. The van der Waals surface area contributed by atoms with E-state index in [1.54, 1.807) is 12.4 Å². The molecular formula is C12H10F3N3O2S. The number of hydrogen-bond donors (Lipinski definition) is 1. The monoisotopic (exact) mass is 317 g/mol. The van der Waals surface area contributed by atoms with E-state index in [1.165, 1.54) is 11.3 Å². The summed E-state index contributed by atoms with van der Waals surface area (Å²) in [6.07, 6.45) is -4.67. The van der Waals surface area contributed by atoms with E-state index >= 15 is 0 Å². The van der Waals surface area contributed by atoms with Gasteiger partial charge in [-0.2, -0.15) is 13.2 Å². The van der Waals surface area contributed by atoms with E-state index in [0.29, 0.717) is 6.07 Å². The molecule has 1 heterocycles. The molecule has 0 spiro atoms. The van der Waals surface area contributed by atoms with Crippen LogP contribution >= 0.6 is 11.3 Å². The molecule has 0 atom stereocenters. The predicted molar refractivity (Wildman–Crippen MR) is 72.3 cm³/mol. The third kappa shape index (κ3) is 3.48. The van der Waals surface area contributed by atoms with Gasteiger partial charge in [-0.15, -0.1) is 11.3 Å². The first-order valence-corrected chi connectivity index (χ1v) is 6.65. The molecule has 2 aromatic rings. The molecule has 5 nitrogen and oxygen atoms in total. The molecule has 0 aliphatic carbocycles. The lowest BCUT2D eigenvalue weighted by molar-refractivity contribution is -0.385. The van der Waals surface area contributed by atoms with Gasteiger partial charge in [0.25, 0.3) is 5.69 Å². The second-order valence-corrected chi connectivity index (χ2v) is 5.14. The number of alkyl halides is 3. The molecule has 0 radical (unpaired) electrons. The van der Waals surface area contributed by atoms with Crippen molar-refractivity contribution in [2.75, 3.05) is 5.32 Å². The lowest BCUT2D eigenvalue weighted by Gasteiger charge is -2.14. The number of rotatable bonds is 4. The van der Waals surface area contributed by atoms with Gasteiger partial charge in [-0.1, -0.05) is 0 Å². The van der Waals surface area contributed by atoms with Crippen LogP contribution in [0.3, 0.4) is 0 Å². The Kier molecular flexibility index (Phi) is 4.12. The minimum atomic E-state index is -4.67. The minimum Gasteiger partial charge on any atom is -0.380 e. The summed E-state index contributed by atoms with van der Waals surface area (Å²) in [4.78, 5) is 14.5. The van der Waals surface area contributed by atoms with Crippen LogP contribution in [0, 0.1) is 17.0 Å². The third-order valence-corrected chi connectivity index (χ3v) is 3.74. The molecule has 0 bridgehead atoms. The highest BCUT2D eigenvalue weighted by molar-refractivity contribution is 7.09. The molecule has 0 aliphatic heterocycles. The number of aryl methyl sites for hydroxylation is 1. The molecule has 0 saturated carbocycles. The average molecular weight is 317 g/mol. The van der Waals surface area contributed by atoms with Gasteiger partial charge in [-0.3, -0.25) is 10.1 Å². The Balaban J connectivity index is 2.30. The van der Waals surface area contributed by atoms with E-state index in [1.807, 2.05) is 0 Å². The van der Waals surface area contributed by atoms with Gasteiger partial charge in [0, 0.05) is 22.7 Å². The predicted octanol–water partition coefficient (Wildman–Crippen LogP) is 3.99. The van der Waals surface area contributed by atoms with Crippen molar-refractivity contribution in [2.24, 2.45) is 0 Å².